The minimum Gasteiger partial charge on any atom is -0.508 e. The first-order valence-electron chi connectivity index (χ1n) is 7.30. The molecule has 0 aliphatic heterocycles. The number of nitrogens with one attached hydrogen (secondary N) is 1. The molecule has 3 N–H and O–H groups in total. The largest absolute Gasteiger partial charge is 0.508 e. The van der Waals surface area contributed by atoms with E-state index in [1.54, 1.807) is 6.07 Å². The molecule has 2 atom stereocenters. The highest BCUT2D eigenvalue weighted by Gasteiger charge is 2.16. The Morgan fingerprint density at radius 1 is 1.10 bits per heavy atom. The zero-order valence-electron chi connectivity index (χ0n) is 12.6. The van der Waals surface area contributed by atoms with Gasteiger partial charge in [0.1, 0.15) is 5.75 Å². The Hall–Kier alpha value is -1.84. The number of aliphatic hydroxyl groups is 1. The molecular weight excluding hydrogens is 262 g/mol. The van der Waals surface area contributed by atoms with E-state index >= 15 is 0 Å². The number of aliphatic hydroxyl groups excluding tert-OH is 1. The van der Waals surface area contributed by atoms with E-state index in [0.717, 1.165) is 17.5 Å². The van der Waals surface area contributed by atoms with Crippen LogP contribution in [0.15, 0.2) is 48.5 Å². The van der Waals surface area contributed by atoms with Crippen molar-refractivity contribution < 1.29 is 10.2 Å². The molecule has 0 radical (unpaired) electrons. The van der Waals surface area contributed by atoms with Gasteiger partial charge in [-0.2, -0.15) is 0 Å². The number of hydrogen-bond donors (Lipinski definition) is 3. The molecule has 0 spiro atoms. The highest BCUT2D eigenvalue weighted by atomic mass is 16.3. The normalized spacial score (nSPS) is 13.9. The second kappa shape index (κ2) is 7.25. The van der Waals surface area contributed by atoms with Crippen molar-refractivity contribution in [3.05, 3.63) is 65.2 Å². The quantitative estimate of drug-likeness (QED) is 0.765. The van der Waals surface area contributed by atoms with Gasteiger partial charge in [-0.1, -0.05) is 48.0 Å². The number of aryl methyl sites for hydroxylation is 1. The maximum absolute atomic E-state index is 9.98. The van der Waals surface area contributed by atoms with Crippen molar-refractivity contribution in [3.63, 3.8) is 0 Å². The highest BCUT2D eigenvalue weighted by molar-refractivity contribution is 5.37. The van der Waals surface area contributed by atoms with Gasteiger partial charge in [0.05, 0.1) is 6.61 Å². The molecule has 0 saturated heterocycles. The first-order valence-corrected chi connectivity index (χ1v) is 7.30. The van der Waals surface area contributed by atoms with Gasteiger partial charge in [-0.3, -0.25) is 0 Å². The van der Waals surface area contributed by atoms with Gasteiger partial charge in [-0.25, -0.2) is 0 Å². The fourth-order valence-corrected chi connectivity index (χ4v) is 2.54. The van der Waals surface area contributed by atoms with E-state index in [4.69, 9.17) is 0 Å². The van der Waals surface area contributed by atoms with Gasteiger partial charge in [-0.15, -0.1) is 0 Å². The molecule has 0 amide bonds. The summed E-state index contributed by atoms with van der Waals surface area (Å²) in [5.41, 5.74) is 3.16. The van der Waals surface area contributed by atoms with E-state index in [9.17, 15) is 10.2 Å². The molecule has 2 aromatic carbocycles. The average molecular weight is 285 g/mol. The van der Waals surface area contributed by atoms with Gasteiger partial charge in [0.2, 0.25) is 0 Å². The molecule has 2 rings (SSSR count). The van der Waals surface area contributed by atoms with Crippen LogP contribution in [0.3, 0.4) is 0 Å². The molecule has 0 bridgehead atoms. The molecule has 21 heavy (non-hydrogen) atoms. The zero-order valence-corrected chi connectivity index (χ0v) is 12.6. The van der Waals surface area contributed by atoms with Crippen molar-refractivity contribution in [3.8, 4) is 5.75 Å². The van der Waals surface area contributed by atoms with E-state index in [0.29, 0.717) is 0 Å². The number of phenols is 1. The van der Waals surface area contributed by atoms with Crippen LogP contribution in [-0.4, -0.2) is 22.9 Å². The molecule has 0 heterocycles. The lowest BCUT2D eigenvalue weighted by Crippen LogP contribution is -2.36. The molecule has 0 aliphatic rings. The van der Waals surface area contributed by atoms with Crippen LogP contribution in [0.5, 0.6) is 5.75 Å². The maximum Gasteiger partial charge on any atom is 0.120 e. The third-order valence-electron chi connectivity index (χ3n) is 3.68. The van der Waals surface area contributed by atoms with E-state index in [-0.39, 0.29) is 24.4 Å². The monoisotopic (exact) mass is 285 g/mol. The molecular formula is C18H23NO2. The van der Waals surface area contributed by atoms with Gasteiger partial charge in [0, 0.05) is 17.6 Å². The van der Waals surface area contributed by atoms with Crippen LogP contribution in [0.4, 0.5) is 0 Å². The minimum atomic E-state index is -0.0395. The molecule has 0 aliphatic carbocycles. The maximum atomic E-state index is 9.98. The Kier molecular flexibility index (Phi) is 5.37. The van der Waals surface area contributed by atoms with Crippen LogP contribution < -0.4 is 5.32 Å². The number of benzene rings is 2. The third kappa shape index (κ3) is 4.31. The van der Waals surface area contributed by atoms with Crippen molar-refractivity contribution in [2.24, 2.45) is 0 Å². The predicted octanol–water partition coefficient (Wildman–Crippen LogP) is 2.95. The Morgan fingerprint density at radius 2 is 1.81 bits per heavy atom. The Bertz CT molecular complexity index is 569. The molecule has 0 saturated carbocycles. The summed E-state index contributed by atoms with van der Waals surface area (Å²) < 4.78 is 0. The summed E-state index contributed by atoms with van der Waals surface area (Å²) in [6, 6.07) is 15.6. The van der Waals surface area contributed by atoms with E-state index in [1.807, 2.05) is 44.2 Å². The lowest BCUT2D eigenvalue weighted by atomic mass is 10.0. The summed E-state index contributed by atoms with van der Waals surface area (Å²) in [6.45, 7) is 4.07. The molecule has 2 unspecified atom stereocenters. The van der Waals surface area contributed by atoms with Crippen LogP contribution in [-0.2, 0) is 6.42 Å². The topological polar surface area (TPSA) is 52.5 Å². The number of rotatable bonds is 6. The molecule has 2 aromatic rings. The van der Waals surface area contributed by atoms with Crippen LogP contribution >= 0.6 is 0 Å². The number of aromatic hydroxyl groups is 1. The Labute approximate surface area is 126 Å². The molecule has 3 heteroatoms. The summed E-state index contributed by atoms with van der Waals surface area (Å²) in [5, 5.41) is 22.9. The summed E-state index contributed by atoms with van der Waals surface area (Å²) >= 11 is 0. The Balaban J connectivity index is 2.05. The molecule has 0 fully saturated rings. The fraction of sp³-hybridized carbons (Fsp3) is 0.333. The summed E-state index contributed by atoms with van der Waals surface area (Å²) in [6.07, 6.45) is 0.758. The van der Waals surface area contributed by atoms with Crippen molar-refractivity contribution in [2.75, 3.05) is 6.61 Å². The van der Waals surface area contributed by atoms with Crippen molar-refractivity contribution in [2.45, 2.75) is 32.4 Å². The second-order valence-electron chi connectivity index (χ2n) is 5.52. The van der Waals surface area contributed by atoms with Gasteiger partial charge < -0.3 is 15.5 Å². The van der Waals surface area contributed by atoms with Crippen LogP contribution in [0.2, 0.25) is 0 Å². The van der Waals surface area contributed by atoms with Crippen molar-refractivity contribution in [1.82, 2.24) is 5.32 Å². The average Bonchev–Trinajstić information content (AvgIpc) is 2.50. The van der Waals surface area contributed by atoms with Gasteiger partial charge in [0.15, 0.2) is 0 Å². The summed E-state index contributed by atoms with van der Waals surface area (Å²) in [7, 11) is 0. The lowest BCUT2D eigenvalue weighted by Gasteiger charge is -2.23. The van der Waals surface area contributed by atoms with E-state index in [2.05, 4.69) is 17.4 Å². The molecule has 3 nitrogen and oxygen atoms in total. The summed E-state index contributed by atoms with van der Waals surface area (Å²) in [4.78, 5) is 0. The van der Waals surface area contributed by atoms with E-state index in [1.165, 1.54) is 5.56 Å². The first kappa shape index (κ1) is 15.5. The molecule has 0 aromatic heterocycles. The standard InChI is InChI=1S/C18H23NO2/c1-13-8-9-18(21)17(10-13)14(2)19-16(12-20)11-15-6-4-3-5-7-15/h3-10,14,16,19-21H,11-12H2,1-2H3. The third-order valence-corrected chi connectivity index (χ3v) is 3.68. The fourth-order valence-electron chi connectivity index (χ4n) is 2.54. The lowest BCUT2D eigenvalue weighted by molar-refractivity contribution is 0.232. The predicted molar refractivity (Wildman–Crippen MR) is 85.4 cm³/mol. The first-order chi connectivity index (χ1) is 10.1. The van der Waals surface area contributed by atoms with Crippen LogP contribution in [0.25, 0.3) is 0 Å². The number of phenolic OH excluding ortho intramolecular Hbond substituents is 1. The highest BCUT2D eigenvalue weighted by Crippen LogP contribution is 2.25. The van der Waals surface area contributed by atoms with Crippen LogP contribution in [0.1, 0.15) is 29.7 Å². The summed E-state index contributed by atoms with van der Waals surface area (Å²) in [5.74, 6) is 0.289. The smallest absolute Gasteiger partial charge is 0.120 e. The SMILES string of the molecule is Cc1ccc(O)c(C(C)NC(CO)Cc2ccccc2)c1. The Morgan fingerprint density at radius 3 is 2.48 bits per heavy atom. The number of hydrogen-bond acceptors (Lipinski definition) is 3. The van der Waals surface area contributed by atoms with E-state index < -0.39 is 0 Å². The zero-order chi connectivity index (χ0) is 15.2. The van der Waals surface area contributed by atoms with Gasteiger partial charge in [0.25, 0.3) is 0 Å². The van der Waals surface area contributed by atoms with Gasteiger partial charge >= 0.3 is 0 Å². The van der Waals surface area contributed by atoms with Gasteiger partial charge in [-0.05, 0) is 31.9 Å². The molecule has 112 valence electrons. The van der Waals surface area contributed by atoms with Crippen molar-refractivity contribution >= 4 is 0 Å². The van der Waals surface area contributed by atoms with Crippen molar-refractivity contribution in [1.29, 1.82) is 0 Å². The minimum absolute atomic E-state index is 0.0224. The van der Waals surface area contributed by atoms with Crippen LogP contribution in [0, 0.1) is 6.92 Å². The second-order valence-corrected chi connectivity index (χ2v) is 5.52.